The smallest absolute Gasteiger partial charge is 0.240 e. The first-order chi connectivity index (χ1) is 11.2. The molecule has 0 radical (unpaired) electrons. The minimum absolute atomic E-state index is 0.226. The average Bonchev–Trinajstić information content (AvgIpc) is 2.98. The Kier molecular flexibility index (Phi) is 6.00. The molecule has 0 bridgehead atoms. The molecular formula is C18H24N4O. The fourth-order valence-electron chi connectivity index (χ4n) is 2.60. The van der Waals surface area contributed by atoms with Crippen molar-refractivity contribution in [3.05, 3.63) is 60.3 Å². The van der Waals surface area contributed by atoms with Gasteiger partial charge in [0.05, 0.1) is 18.0 Å². The molecule has 1 aromatic carbocycles. The topological polar surface area (TPSA) is 76.0 Å². The highest BCUT2D eigenvalue weighted by molar-refractivity contribution is 5.84. The number of benzene rings is 1. The molecule has 0 aliphatic rings. The van der Waals surface area contributed by atoms with Crippen molar-refractivity contribution < 1.29 is 4.74 Å². The number of aromatic amines is 1. The van der Waals surface area contributed by atoms with E-state index in [1.165, 1.54) is 11.8 Å². The Morgan fingerprint density at radius 2 is 2.30 bits per heavy atom. The molecule has 1 heterocycles. The van der Waals surface area contributed by atoms with Crippen LogP contribution in [0.15, 0.2) is 54.8 Å². The van der Waals surface area contributed by atoms with Gasteiger partial charge in [-0.05, 0) is 55.6 Å². The predicted octanol–water partition coefficient (Wildman–Crippen LogP) is 2.85. The third-order valence-electron chi connectivity index (χ3n) is 3.81. The summed E-state index contributed by atoms with van der Waals surface area (Å²) in [5.41, 5.74) is 8.58. The number of nitrogens with one attached hydrogen (secondary N) is 2. The third-order valence-corrected chi connectivity index (χ3v) is 3.81. The van der Waals surface area contributed by atoms with Crippen LogP contribution in [0.4, 0.5) is 0 Å². The molecule has 0 aliphatic heterocycles. The van der Waals surface area contributed by atoms with Crippen molar-refractivity contribution in [2.75, 3.05) is 20.7 Å². The van der Waals surface area contributed by atoms with Crippen molar-refractivity contribution in [2.45, 2.75) is 12.3 Å². The zero-order valence-corrected chi connectivity index (χ0v) is 13.7. The number of methoxy groups -OCH3 is 1. The van der Waals surface area contributed by atoms with E-state index < -0.39 is 0 Å². The van der Waals surface area contributed by atoms with Crippen molar-refractivity contribution in [1.29, 1.82) is 0 Å². The lowest BCUT2D eigenvalue weighted by Crippen LogP contribution is -2.13. The fraction of sp³-hybridized carbons (Fsp3) is 0.278. The van der Waals surface area contributed by atoms with Crippen LogP contribution in [0.1, 0.15) is 17.9 Å². The van der Waals surface area contributed by atoms with E-state index >= 15 is 0 Å². The minimum atomic E-state index is 0.226. The number of ether oxygens (including phenoxy) is 1. The largest absolute Gasteiger partial charge is 0.480 e. The van der Waals surface area contributed by atoms with Gasteiger partial charge >= 0.3 is 0 Å². The van der Waals surface area contributed by atoms with Gasteiger partial charge in [-0.15, -0.1) is 5.10 Å². The molecule has 2 rings (SSSR count). The van der Waals surface area contributed by atoms with Gasteiger partial charge in [-0.1, -0.05) is 24.8 Å². The molecule has 5 heteroatoms. The second kappa shape index (κ2) is 8.19. The van der Waals surface area contributed by atoms with Crippen LogP contribution in [0.25, 0.3) is 10.9 Å². The van der Waals surface area contributed by atoms with Crippen molar-refractivity contribution in [3.63, 3.8) is 0 Å². The van der Waals surface area contributed by atoms with Crippen LogP contribution in [0.5, 0.6) is 5.88 Å². The zero-order valence-electron chi connectivity index (χ0n) is 13.7. The Morgan fingerprint density at radius 1 is 1.48 bits per heavy atom. The summed E-state index contributed by atoms with van der Waals surface area (Å²) in [4.78, 5) is 0. The predicted molar refractivity (Wildman–Crippen MR) is 95.5 cm³/mol. The summed E-state index contributed by atoms with van der Waals surface area (Å²) in [5, 5.41) is 11.4. The first-order valence-electron chi connectivity index (χ1n) is 7.61. The number of hydrogen-bond donors (Lipinski definition) is 3. The molecule has 0 fully saturated rings. The molecule has 122 valence electrons. The number of nitrogens with zero attached hydrogens (tertiary/aromatic N) is 1. The van der Waals surface area contributed by atoms with Gasteiger partial charge in [0.2, 0.25) is 5.88 Å². The molecule has 0 saturated heterocycles. The first kappa shape index (κ1) is 16.8. The average molecular weight is 312 g/mol. The van der Waals surface area contributed by atoms with E-state index in [1.54, 1.807) is 13.2 Å². The summed E-state index contributed by atoms with van der Waals surface area (Å²) in [7, 11) is 3.58. The minimum Gasteiger partial charge on any atom is -0.480 e. The molecule has 0 amide bonds. The highest BCUT2D eigenvalue weighted by atomic mass is 16.5. The second-order valence-electron chi connectivity index (χ2n) is 5.30. The van der Waals surface area contributed by atoms with E-state index in [-0.39, 0.29) is 5.92 Å². The third kappa shape index (κ3) is 4.02. The number of fused-ring (bicyclic) bond motifs is 1. The van der Waals surface area contributed by atoms with Gasteiger partial charge in [0.25, 0.3) is 0 Å². The number of aromatic nitrogens is 2. The number of H-pyrrole nitrogens is 1. The Hall–Kier alpha value is -2.53. The maximum absolute atomic E-state index is 5.37. The summed E-state index contributed by atoms with van der Waals surface area (Å²) in [5.74, 6) is 0.841. The maximum Gasteiger partial charge on any atom is 0.240 e. The van der Waals surface area contributed by atoms with Gasteiger partial charge in [-0.3, -0.25) is 5.10 Å². The molecular weight excluding hydrogens is 288 g/mol. The zero-order chi connectivity index (χ0) is 16.7. The Bertz CT molecular complexity index is 715. The van der Waals surface area contributed by atoms with Gasteiger partial charge < -0.3 is 15.8 Å². The summed E-state index contributed by atoms with van der Waals surface area (Å²) < 4.78 is 5.25. The molecule has 23 heavy (non-hydrogen) atoms. The number of nitrogens with two attached hydrogens (primary N) is 1. The van der Waals surface area contributed by atoms with Gasteiger partial charge in [0.15, 0.2) is 0 Å². The van der Waals surface area contributed by atoms with Crippen molar-refractivity contribution in [3.8, 4) is 5.88 Å². The SMILES string of the molecule is C=C(/C=C\C=C/N)C(CCNC)c1ccc2c(OC)n[nH]c2c1. The molecule has 2 aromatic rings. The second-order valence-corrected chi connectivity index (χ2v) is 5.30. The molecule has 1 aromatic heterocycles. The molecule has 1 unspecified atom stereocenters. The first-order valence-corrected chi connectivity index (χ1v) is 7.61. The Balaban J connectivity index is 2.32. The van der Waals surface area contributed by atoms with Crippen molar-refractivity contribution in [2.24, 2.45) is 5.73 Å². The van der Waals surface area contributed by atoms with Crippen LogP contribution in [0.2, 0.25) is 0 Å². The van der Waals surface area contributed by atoms with Crippen LogP contribution < -0.4 is 15.8 Å². The number of allylic oxidation sites excluding steroid dienone is 4. The lowest BCUT2D eigenvalue weighted by atomic mass is 9.88. The van der Waals surface area contributed by atoms with Crippen LogP contribution >= 0.6 is 0 Å². The molecule has 4 N–H and O–H groups in total. The van der Waals surface area contributed by atoms with Crippen LogP contribution in [-0.4, -0.2) is 30.9 Å². The summed E-state index contributed by atoms with van der Waals surface area (Å²) in [6.07, 6.45) is 8.18. The lowest BCUT2D eigenvalue weighted by Gasteiger charge is -2.18. The molecule has 0 saturated carbocycles. The van der Waals surface area contributed by atoms with E-state index in [9.17, 15) is 0 Å². The Morgan fingerprint density at radius 3 is 3.00 bits per heavy atom. The normalized spacial score (nSPS) is 13.1. The highest BCUT2D eigenvalue weighted by Crippen LogP contribution is 2.31. The quantitative estimate of drug-likeness (QED) is 0.655. The van der Waals surface area contributed by atoms with Crippen LogP contribution in [0, 0.1) is 0 Å². The number of hydrogen-bond acceptors (Lipinski definition) is 4. The van der Waals surface area contributed by atoms with Crippen molar-refractivity contribution in [1.82, 2.24) is 15.5 Å². The maximum atomic E-state index is 5.37. The lowest BCUT2D eigenvalue weighted by molar-refractivity contribution is 0.401. The van der Waals surface area contributed by atoms with Gasteiger partial charge in [0, 0.05) is 5.92 Å². The molecule has 5 nitrogen and oxygen atoms in total. The molecule has 0 spiro atoms. The van der Waals surface area contributed by atoms with Crippen LogP contribution in [-0.2, 0) is 0 Å². The number of rotatable bonds is 8. The van der Waals surface area contributed by atoms with Gasteiger partial charge in [0.1, 0.15) is 0 Å². The van der Waals surface area contributed by atoms with E-state index in [1.807, 2.05) is 25.3 Å². The fourth-order valence-corrected chi connectivity index (χ4v) is 2.60. The van der Waals surface area contributed by atoms with Gasteiger partial charge in [-0.25, -0.2) is 0 Å². The van der Waals surface area contributed by atoms with Crippen molar-refractivity contribution >= 4 is 10.9 Å². The molecule has 0 aliphatic carbocycles. The van der Waals surface area contributed by atoms with E-state index in [2.05, 4.69) is 34.2 Å². The van der Waals surface area contributed by atoms with E-state index in [0.29, 0.717) is 5.88 Å². The standard InChI is InChI=1S/C18H24N4O/c1-13(6-4-5-10-19)15(9-11-20-2)14-7-8-16-17(12-14)21-22-18(16)23-3/h4-8,10,12,15,20H,1,9,11,19H2,2-3H3,(H,21,22)/b6-4-,10-5-. The highest BCUT2D eigenvalue weighted by Gasteiger charge is 2.15. The van der Waals surface area contributed by atoms with Gasteiger partial charge in [-0.2, -0.15) is 0 Å². The summed E-state index contributed by atoms with van der Waals surface area (Å²) in [6, 6.07) is 6.26. The van der Waals surface area contributed by atoms with E-state index in [4.69, 9.17) is 10.5 Å². The monoisotopic (exact) mass is 312 g/mol. The van der Waals surface area contributed by atoms with E-state index in [0.717, 1.165) is 29.4 Å². The van der Waals surface area contributed by atoms with Crippen LogP contribution in [0.3, 0.4) is 0 Å². The Labute approximate surface area is 136 Å². The summed E-state index contributed by atoms with van der Waals surface area (Å²) >= 11 is 0. The molecule has 1 atom stereocenters. The summed E-state index contributed by atoms with van der Waals surface area (Å²) in [6.45, 7) is 5.13.